The quantitative estimate of drug-likeness (QED) is 0.533. The topological polar surface area (TPSA) is 87.0 Å². The summed E-state index contributed by atoms with van der Waals surface area (Å²) in [6.07, 6.45) is 4.08. The van der Waals surface area contributed by atoms with Crippen molar-refractivity contribution in [1.82, 2.24) is 14.7 Å². The van der Waals surface area contributed by atoms with E-state index in [-0.39, 0.29) is 12.5 Å². The second kappa shape index (κ2) is 10.3. The van der Waals surface area contributed by atoms with E-state index in [0.29, 0.717) is 25.9 Å². The zero-order valence-electron chi connectivity index (χ0n) is 19.3. The lowest BCUT2D eigenvalue weighted by atomic mass is 9.84. The van der Waals surface area contributed by atoms with E-state index in [0.717, 1.165) is 23.0 Å². The first-order chi connectivity index (χ1) is 16.3. The van der Waals surface area contributed by atoms with Crippen LogP contribution in [-0.2, 0) is 16.1 Å². The number of piperidine rings is 1. The van der Waals surface area contributed by atoms with Gasteiger partial charge in [0.15, 0.2) is 0 Å². The van der Waals surface area contributed by atoms with Crippen LogP contribution in [0.4, 0.5) is 4.79 Å². The highest BCUT2D eigenvalue weighted by Gasteiger charge is 2.59. The summed E-state index contributed by atoms with van der Waals surface area (Å²) in [6.45, 7) is 4.01. The smallest absolute Gasteiger partial charge is 0.328 e. The number of primary amides is 1. The first kappa shape index (κ1) is 24.4. The van der Waals surface area contributed by atoms with Crippen molar-refractivity contribution in [2.75, 3.05) is 19.6 Å². The van der Waals surface area contributed by atoms with Gasteiger partial charge >= 0.3 is 6.03 Å². The van der Waals surface area contributed by atoms with Gasteiger partial charge in [-0.15, -0.1) is 0 Å². The van der Waals surface area contributed by atoms with E-state index < -0.39 is 23.5 Å². The molecule has 2 aliphatic rings. The van der Waals surface area contributed by atoms with Gasteiger partial charge in [0.1, 0.15) is 11.6 Å². The Kier molecular flexibility index (Phi) is 7.38. The Bertz CT molecular complexity index is 1040. The number of nitrogens with zero attached hydrogens (tertiary/aromatic N) is 3. The molecule has 0 aromatic heterocycles. The maximum absolute atomic E-state index is 13.7. The number of urea groups is 1. The predicted octanol–water partition coefficient (Wildman–Crippen LogP) is 3.56. The number of halogens is 1. The molecule has 1 atom stereocenters. The van der Waals surface area contributed by atoms with Crippen LogP contribution >= 0.6 is 15.9 Å². The first-order valence-corrected chi connectivity index (χ1v) is 12.4. The minimum Gasteiger partial charge on any atom is -0.368 e. The van der Waals surface area contributed by atoms with E-state index in [4.69, 9.17) is 5.73 Å². The van der Waals surface area contributed by atoms with Crippen LogP contribution in [0.2, 0.25) is 0 Å². The molecule has 2 N–H and O–H groups in total. The highest BCUT2D eigenvalue weighted by Crippen LogP contribution is 2.39. The minimum absolute atomic E-state index is 0.171. The zero-order chi connectivity index (χ0) is 24.3. The van der Waals surface area contributed by atoms with Crippen molar-refractivity contribution in [3.8, 4) is 0 Å². The SMILES string of the molecule is C[C@@H](C(N)=O)N1C(=O)N(Cc2ccc(Br)cc2)C(=O)C12CCN(CC[CH]c1ccccc1)CC2. The fraction of sp³-hybridized carbons (Fsp3) is 0.385. The second-order valence-corrected chi connectivity index (χ2v) is 9.94. The molecule has 2 heterocycles. The number of amides is 4. The summed E-state index contributed by atoms with van der Waals surface area (Å²) in [5.74, 6) is -0.838. The number of benzene rings is 2. The van der Waals surface area contributed by atoms with E-state index >= 15 is 0 Å². The molecule has 0 bridgehead atoms. The molecule has 2 saturated heterocycles. The molecular weight excluding hydrogens is 496 g/mol. The number of likely N-dealkylation sites (tertiary alicyclic amines) is 1. The molecule has 7 nitrogen and oxygen atoms in total. The molecule has 8 heteroatoms. The second-order valence-electron chi connectivity index (χ2n) is 9.03. The Morgan fingerprint density at radius 1 is 1.09 bits per heavy atom. The summed E-state index contributed by atoms with van der Waals surface area (Å²) in [6, 6.07) is 16.4. The van der Waals surface area contributed by atoms with Crippen LogP contribution < -0.4 is 5.73 Å². The number of nitrogens with two attached hydrogens (primary N) is 1. The van der Waals surface area contributed by atoms with E-state index in [1.54, 1.807) is 6.92 Å². The zero-order valence-corrected chi connectivity index (χ0v) is 20.9. The van der Waals surface area contributed by atoms with E-state index in [2.05, 4.69) is 39.4 Å². The van der Waals surface area contributed by atoms with Crippen LogP contribution in [0.5, 0.6) is 0 Å². The van der Waals surface area contributed by atoms with Crippen LogP contribution in [-0.4, -0.2) is 63.8 Å². The number of hydrogen-bond donors (Lipinski definition) is 1. The van der Waals surface area contributed by atoms with Crippen molar-refractivity contribution in [1.29, 1.82) is 0 Å². The van der Waals surface area contributed by atoms with Crippen molar-refractivity contribution in [3.63, 3.8) is 0 Å². The van der Waals surface area contributed by atoms with Gasteiger partial charge in [0.05, 0.1) is 6.54 Å². The van der Waals surface area contributed by atoms with Crippen LogP contribution in [0.1, 0.15) is 37.3 Å². The number of carbonyl (C=O) groups excluding carboxylic acids is 3. The molecule has 1 radical (unpaired) electrons. The Balaban J connectivity index is 1.46. The van der Waals surface area contributed by atoms with Gasteiger partial charge in [-0.2, -0.15) is 0 Å². The van der Waals surface area contributed by atoms with Gasteiger partial charge in [0.25, 0.3) is 5.91 Å². The third-order valence-electron chi connectivity index (χ3n) is 6.90. The van der Waals surface area contributed by atoms with Crippen molar-refractivity contribution in [2.45, 2.75) is 44.3 Å². The normalized spacial score (nSPS) is 19.1. The fourth-order valence-electron chi connectivity index (χ4n) is 4.93. The van der Waals surface area contributed by atoms with Gasteiger partial charge in [-0.05, 0) is 62.4 Å². The Hall–Kier alpha value is -2.71. The third kappa shape index (κ3) is 4.88. The monoisotopic (exact) mass is 525 g/mol. The highest BCUT2D eigenvalue weighted by atomic mass is 79.9. The summed E-state index contributed by atoms with van der Waals surface area (Å²) >= 11 is 3.41. The number of carbonyl (C=O) groups is 3. The molecule has 4 rings (SSSR count). The van der Waals surface area contributed by atoms with Gasteiger partial charge in [0.2, 0.25) is 5.91 Å². The fourth-order valence-corrected chi connectivity index (χ4v) is 5.20. The molecule has 34 heavy (non-hydrogen) atoms. The lowest BCUT2D eigenvalue weighted by Gasteiger charge is -2.43. The number of rotatable bonds is 8. The molecule has 2 aromatic carbocycles. The first-order valence-electron chi connectivity index (χ1n) is 11.6. The van der Waals surface area contributed by atoms with Crippen molar-refractivity contribution < 1.29 is 14.4 Å². The van der Waals surface area contributed by atoms with Gasteiger partial charge < -0.3 is 10.6 Å². The molecule has 4 amide bonds. The Morgan fingerprint density at radius 3 is 2.35 bits per heavy atom. The minimum atomic E-state index is -1.03. The molecule has 0 aliphatic carbocycles. The van der Waals surface area contributed by atoms with Crippen molar-refractivity contribution in [3.05, 3.63) is 76.6 Å². The average molecular weight is 526 g/mol. The van der Waals surface area contributed by atoms with E-state index in [9.17, 15) is 14.4 Å². The molecule has 179 valence electrons. The highest BCUT2D eigenvalue weighted by molar-refractivity contribution is 9.10. The lowest BCUT2D eigenvalue weighted by Crippen LogP contribution is -2.61. The number of imide groups is 1. The van der Waals surface area contributed by atoms with Crippen molar-refractivity contribution in [2.24, 2.45) is 5.73 Å². The van der Waals surface area contributed by atoms with E-state index in [1.165, 1.54) is 15.4 Å². The molecule has 0 unspecified atom stereocenters. The maximum Gasteiger partial charge on any atom is 0.328 e. The average Bonchev–Trinajstić information content (AvgIpc) is 3.03. The summed E-state index contributed by atoms with van der Waals surface area (Å²) in [4.78, 5) is 44.2. The Labute approximate surface area is 209 Å². The van der Waals surface area contributed by atoms with Crippen LogP contribution in [0.25, 0.3) is 0 Å². The van der Waals surface area contributed by atoms with Gasteiger partial charge in [-0.1, -0.05) is 58.4 Å². The third-order valence-corrected chi connectivity index (χ3v) is 7.43. The molecule has 2 fully saturated rings. The number of hydrogen-bond acceptors (Lipinski definition) is 4. The summed E-state index contributed by atoms with van der Waals surface area (Å²) in [5, 5.41) is 0. The lowest BCUT2D eigenvalue weighted by molar-refractivity contribution is -0.137. The molecular formula is C26H30BrN4O3. The Morgan fingerprint density at radius 2 is 1.74 bits per heavy atom. The van der Waals surface area contributed by atoms with E-state index in [1.807, 2.05) is 42.5 Å². The van der Waals surface area contributed by atoms with Gasteiger partial charge in [-0.3, -0.25) is 19.4 Å². The maximum atomic E-state index is 13.7. The molecule has 2 aromatic rings. The summed E-state index contributed by atoms with van der Waals surface area (Å²) < 4.78 is 0.924. The standard InChI is InChI=1S/C26H30BrN4O3/c1-19(23(28)32)31-25(34)30(18-21-9-11-22(27)12-10-21)24(33)26(31)13-16-29(17-14-26)15-5-8-20-6-3-2-4-7-20/h2-4,6-12,19H,5,13-18H2,1H3,(H2,28,32)/t19-/m0/s1. The van der Waals surface area contributed by atoms with Crippen LogP contribution in [0.15, 0.2) is 59.1 Å². The van der Waals surface area contributed by atoms with Crippen LogP contribution in [0, 0.1) is 6.42 Å². The molecule has 2 aliphatic heterocycles. The largest absolute Gasteiger partial charge is 0.368 e. The molecule has 1 spiro atoms. The molecule has 0 saturated carbocycles. The predicted molar refractivity (Wildman–Crippen MR) is 133 cm³/mol. The van der Waals surface area contributed by atoms with Gasteiger partial charge in [0, 0.05) is 17.6 Å². The van der Waals surface area contributed by atoms with Gasteiger partial charge in [-0.25, -0.2) is 4.79 Å². The van der Waals surface area contributed by atoms with Crippen LogP contribution in [0.3, 0.4) is 0 Å². The van der Waals surface area contributed by atoms with Crippen molar-refractivity contribution >= 4 is 33.8 Å². The summed E-state index contributed by atoms with van der Waals surface area (Å²) in [5.41, 5.74) is 6.61. The summed E-state index contributed by atoms with van der Waals surface area (Å²) in [7, 11) is 0.